The topological polar surface area (TPSA) is 59.2 Å². The second-order valence-electron chi connectivity index (χ2n) is 5.47. The van der Waals surface area contributed by atoms with E-state index in [1.54, 1.807) is 30.3 Å². The highest BCUT2D eigenvalue weighted by Gasteiger charge is 2.14. The van der Waals surface area contributed by atoms with E-state index in [2.05, 4.69) is 11.1 Å². The van der Waals surface area contributed by atoms with Crippen molar-refractivity contribution in [1.82, 2.24) is 4.98 Å². The number of para-hydroxylation sites is 1. The van der Waals surface area contributed by atoms with Crippen LogP contribution in [0.25, 0.3) is 10.9 Å². The van der Waals surface area contributed by atoms with Gasteiger partial charge in [-0.25, -0.2) is 0 Å². The number of aromatic nitrogens is 1. The molecule has 0 aliphatic carbocycles. The Morgan fingerprint density at radius 3 is 2.48 bits per heavy atom. The summed E-state index contributed by atoms with van der Waals surface area (Å²) >= 11 is 0. The third kappa shape index (κ3) is 3.46. The molecule has 0 amide bonds. The molecule has 23 heavy (non-hydrogen) atoms. The van der Waals surface area contributed by atoms with E-state index in [0.717, 1.165) is 17.6 Å². The average Bonchev–Trinajstić information content (AvgIpc) is 2.88. The van der Waals surface area contributed by atoms with Gasteiger partial charge in [-0.1, -0.05) is 36.4 Å². The maximum absolute atomic E-state index is 12.0. The monoisotopic (exact) mass is 329 g/mol. The van der Waals surface area contributed by atoms with Crippen molar-refractivity contribution in [3.63, 3.8) is 0 Å². The van der Waals surface area contributed by atoms with Crippen LogP contribution in [-0.2, 0) is 20.7 Å². The minimum Gasteiger partial charge on any atom is -0.358 e. The molecular weight excluding hydrogens is 310 g/mol. The van der Waals surface area contributed by atoms with Gasteiger partial charge >= 0.3 is 0 Å². The first-order valence-corrected chi connectivity index (χ1v) is 8.99. The van der Waals surface area contributed by atoms with E-state index in [9.17, 15) is 8.42 Å². The standard InChI is InChI=1S/C18H19NO3S/c1-14-16(17-10-5-6-12-18(17)19-14)11-7-13-22-23(20,21)15-8-3-2-4-9-15/h2-6,8-10,12,19H,7,11,13H2,1H3. The van der Waals surface area contributed by atoms with E-state index in [4.69, 9.17) is 4.18 Å². The van der Waals surface area contributed by atoms with Crippen molar-refractivity contribution >= 4 is 21.0 Å². The lowest BCUT2D eigenvalue weighted by molar-refractivity contribution is 0.312. The van der Waals surface area contributed by atoms with Crippen LogP contribution in [-0.4, -0.2) is 20.0 Å². The van der Waals surface area contributed by atoms with E-state index < -0.39 is 10.1 Å². The third-order valence-electron chi connectivity index (χ3n) is 3.87. The first kappa shape index (κ1) is 15.8. The van der Waals surface area contributed by atoms with Gasteiger partial charge in [0.25, 0.3) is 10.1 Å². The minimum absolute atomic E-state index is 0.177. The number of hydrogen-bond acceptors (Lipinski definition) is 3. The average molecular weight is 329 g/mol. The van der Waals surface area contributed by atoms with E-state index in [1.165, 1.54) is 10.9 Å². The van der Waals surface area contributed by atoms with Crippen molar-refractivity contribution in [2.75, 3.05) is 6.61 Å². The summed E-state index contributed by atoms with van der Waals surface area (Å²) in [7, 11) is -3.66. The molecular formula is C18H19NO3S. The summed E-state index contributed by atoms with van der Waals surface area (Å²) in [4.78, 5) is 3.55. The van der Waals surface area contributed by atoms with Gasteiger partial charge in [0.1, 0.15) is 0 Å². The number of aromatic amines is 1. The van der Waals surface area contributed by atoms with Gasteiger partial charge < -0.3 is 4.98 Å². The largest absolute Gasteiger partial charge is 0.358 e. The van der Waals surface area contributed by atoms with Crippen molar-refractivity contribution in [3.05, 3.63) is 65.9 Å². The molecule has 1 N–H and O–H groups in total. The Morgan fingerprint density at radius 2 is 1.70 bits per heavy atom. The van der Waals surface area contributed by atoms with Crippen LogP contribution >= 0.6 is 0 Å². The Morgan fingerprint density at radius 1 is 1.00 bits per heavy atom. The molecule has 0 saturated heterocycles. The van der Waals surface area contributed by atoms with Crippen LogP contribution in [0.3, 0.4) is 0 Å². The van der Waals surface area contributed by atoms with Crippen molar-refractivity contribution in [2.45, 2.75) is 24.7 Å². The van der Waals surface area contributed by atoms with Crippen molar-refractivity contribution in [2.24, 2.45) is 0 Å². The zero-order chi connectivity index (χ0) is 16.3. The van der Waals surface area contributed by atoms with Gasteiger partial charge in [-0.3, -0.25) is 4.18 Å². The Balaban J connectivity index is 1.63. The highest BCUT2D eigenvalue weighted by Crippen LogP contribution is 2.23. The highest BCUT2D eigenvalue weighted by molar-refractivity contribution is 7.86. The first-order chi connectivity index (χ1) is 11.1. The quantitative estimate of drug-likeness (QED) is 0.552. The first-order valence-electron chi connectivity index (χ1n) is 7.58. The van der Waals surface area contributed by atoms with Crippen LogP contribution in [0.5, 0.6) is 0 Å². The van der Waals surface area contributed by atoms with Crippen molar-refractivity contribution in [3.8, 4) is 0 Å². The fourth-order valence-electron chi connectivity index (χ4n) is 2.73. The summed E-state index contributed by atoms with van der Waals surface area (Å²) in [5, 5.41) is 1.19. The smallest absolute Gasteiger partial charge is 0.296 e. The van der Waals surface area contributed by atoms with Crippen LogP contribution in [0, 0.1) is 6.92 Å². The normalized spacial score (nSPS) is 11.9. The van der Waals surface area contributed by atoms with E-state index in [1.807, 2.05) is 25.1 Å². The van der Waals surface area contributed by atoms with E-state index in [0.29, 0.717) is 6.42 Å². The molecule has 0 unspecified atom stereocenters. The molecule has 0 aliphatic rings. The molecule has 0 atom stereocenters. The number of aryl methyl sites for hydroxylation is 2. The Kier molecular flexibility index (Phi) is 4.50. The summed E-state index contributed by atoms with van der Waals surface area (Å²) in [6.45, 7) is 2.22. The number of rotatable bonds is 6. The van der Waals surface area contributed by atoms with Gasteiger partial charge in [0.2, 0.25) is 0 Å². The predicted octanol–water partition coefficient (Wildman–Crippen LogP) is 3.81. The Labute approximate surface area is 136 Å². The van der Waals surface area contributed by atoms with Crippen LogP contribution in [0.15, 0.2) is 59.5 Å². The number of hydrogen-bond donors (Lipinski definition) is 1. The maximum atomic E-state index is 12.0. The number of fused-ring (bicyclic) bond motifs is 1. The molecule has 4 nitrogen and oxygen atoms in total. The fourth-order valence-corrected chi connectivity index (χ4v) is 3.69. The van der Waals surface area contributed by atoms with Gasteiger partial charge in [0, 0.05) is 16.6 Å². The third-order valence-corrected chi connectivity index (χ3v) is 5.19. The molecule has 0 fully saturated rings. The minimum atomic E-state index is -3.66. The molecule has 3 rings (SSSR count). The van der Waals surface area contributed by atoms with Crippen LogP contribution in [0.2, 0.25) is 0 Å². The number of nitrogens with one attached hydrogen (secondary N) is 1. The molecule has 5 heteroatoms. The molecule has 0 radical (unpaired) electrons. The van der Waals surface area contributed by atoms with Gasteiger partial charge in [0.05, 0.1) is 11.5 Å². The zero-order valence-corrected chi connectivity index (χ0v) is 13.8. The van der Waals surface area contributed by atoms with Crippen LogP contribution in [0.4, 0.5) is 0 Å². The summed E-state index contributed by atoms with van der Waals surface area (Å²) in [6, 6.07) is 16.4. The molecule has 1 heterocycles. The molecule has 0 spiro atoms. The second kappa shape index (κ2) is 6.56. The lowest BCUT2D eigenvalue weighted by atomic mass is 10.1. The summed E-state index contributed by atoms with van der Waals surface area (Å²) in [5.41, 5.74) is 3.45. The molecule has 0 saturated carbocycles. The molecule has 0 bridgehead atoms. The molecule has 1 aromatic heterocycles. The Hall–Kier alpha value is -2.11. The number of H-pyrrole nitrogens is 1. The molecule has 3 aromatic rings. The van der Waals surface area contributed by atoms with Crippen LogP contribution in [0.1, 0.15) is 17.7 Å². The molecule has 2 aromatic carbocycles. The van der Waals surface area contributed by atoms with Gasteiger partial charge in [-0.2, -0.15) is 8.42 Å². The summed E-state index contributed by atoms with van der Waals surface area (Å²) in [6.07, 6.45) is 1.43. The van der Waals surface area contributed by atoms with E-state index >= 15 is 0 Å². The SMILES string of the molecule is Cc1[nH]c2ccccc2c1CCCOS(=O)(=O)c1ccccc1. The van der Waals surface area contributed by atoms with Crippen molar-refractivity contribution in [1.29, 1.82) is 0 Å². The summed E-state index contributed by atoms with van der Waals surface area (Å²) < 4.78 is 29.2. The maximum Gasteiger partial charge on any atom is 0.296 e. The molecule has 0 aliphatic heterocycles. The lowest BCUT2D eigenvalue weighted by Crippen LogP contribution is -2.08. The van der Waals surface area contributed by atoms with Crippen molar-refractivity contribution < 1.29 is 12.6 Å². The summed E-state index contributed by atoms with van der Waals surface area (Å²) in [5.74, 6) is 0. The van der Waals surface area contributed by atoms with Crippen LogP contribution < -0.4 is 0 Å². The lowest BCUT2D eigenvalue weighted by Gasteiger charge is -2.06. The fraction of sp³-hybridized carbons (Fsp3) is 0.222. The van der Waals surface area contributed by atoms with Gasteiger partial charge in [-0.15, -0.1) is 0 Å². The van der Waals surface area contributed by atoms with E-state index in [-0.39, 0.29) is 11.5 Å². The second-order valence-corrected chi connectivity index (χ2v) is 7.08. The van der Waals surface area contributed by atoms with Gasteiger partial charge in [-0.05, 0) is 43.5 Å². The van der Waals surface area contributed by atoms with Gasteiger partial charge in [0.15, 0.2) is 0 Å². The molecule has 120 valence electrons. The highest BCUT2D eigenvalue weighted by atomic mass is 32.2. The zero-order valence-electron chi connectivity index (χ0n) is 13.0. The Bertz CT molecular complexity index is 898. The predicted molar refractivity (Wildman–Crippen MR) is 90.9 cm³/mol. The number of benzene rings is 2.